The average Bonchev–Trinajstić information content (AvgIpc) is 2.65. The molecule has 152 valence electrons. The van der Waals surface area contributed by atoms with Crippen molar-refractivity contribution >= 4 is 41.6 Å². The molecule has 2 aromatic rings. The number of pyridine rings is 1. The second kappa shape index (κ2) is 9.94. The molecule has 1 heterocycles. The van der Waals surface area contributed by atoms with Crippen molar-refractivity contribution in [3.63, 3.8) is 0 Å². The van der Waals surface area contributed by atoms with Gasteiger partial charge in [-0.3, -0.25) is 4.79 Å². The fraction of sp³-hybridized carbons (Fsp3) is 0.400. The van der Waals surface area contributed by atoms with Crippen molar-refractivity contribution in [2.24, 2.45) is 0 Å². The Bertz CT molecular complexity index is 811. The summed E-state index contributed by atoms with van der Waals surface area (Å²) in [6.07, 6.45) is 3.66. The topological polar surface area (TPSA) is 57.3 Å². The minimum Gasteiger partial charge on any atom is -0.367 e. The van der Waals surface area contributed by atoms with Gasteiger partial charge < -0.3 is 15.5 Å². The van der Waals surface area contributed by atoms with Gasteiger partial charge in [-0.2, -0.15) is 0 Å². The number of hydrogen-bond acceptors (Lipinski definition) is 4. The van der Waals surface area contributed by atoms with Gasteiger partial charge in [0.15, 0.2) is 0 Å². The lowest BCUT2D eigenvalue weighted by Gasteiger charge is -2.30. The van der Waals surface area contributed by atoms with E-state index >= 15 is 0 Å². The number of halogens is 3. The van der Waals surface area contributed by atoms with Crippen molar-refractivity contribution in [1.29, 1.82) is 0 Å². The normalized spacial score (nSPS) is 18.7. The van der Waals surface area contributed by atoms with Crippen LogP contribution in [0.5, 0.6) is 0 Å². The van der Waals surface area contributed by atoms with Gasteiger partial charge in [0.2, 0.25) is 0 Å². The monoisotopic (exact) mass is 426 g/mol. The number of nitrogens with zero attached hydrogens (tertiary/aromatic N) is 2. The van der Waals surface area contributed by atoms with Crippen LogP contribution in [0.1, 0.15) is 36.0 Å². The second-order valence-corrected chi connectivity index (χ2v) is 7.48. The summed E-state index contributed by atoms with van der Waals surface area (Å²) in [7, 11) is 3.93. The number of benzene rings is 1. The molecule has 28 heavy (non-hydrogen) atoms. The van der Waals surface area contributed by atoms with Crippen molar-refractivity contribution in [3.8, 4) is 0 Å². The van der Waals surface area contributed by atoms with Crippen LogP contribution in [0.15, 0.2) is 36.4 Å². The van der Waals surface area contributed by atoms with Crippen LogP contribution >= 0.6 is 24.0 Å². The van der Waals surface area contributed by atoms with Gasteiger partial charge in [-0.15, -0.1) is 12.4 Å². The molecule has 0 radical (unpaired) electrons. The number of carbonyl (C=O) groups excluding carboxylic acids is 1. The third-order valence-corrected chi connectivity index (χ3v) is 5.08. The van der Waals surface area contributed by atoms with E-state index in [2.05, 4.69) is 15.6 Å². The van der Waals surface area contributed by atoms with Crippen molar-refractivity contribution in [3.05, 3.63) is 52.8 Å². The quantitative estimate of drug-likeness (QED) is 0.737. The zero-order valence-electron chi connectivity index (χ0n) is 15.9. The summed E-state index contributed by atoms with van der Waals surface area (Å²) in [5.41, 5.74) is 0.381. The van der Waals surface area contributed by atoms with Crippen molar-refractivity contribution < 1.29 is 9.18 Å². The first-order chi connectivity index (χ1) is 12.9. The average molecular weight is 427 g/mol. The highest BCUT2D eigenvalue weighted by molar-refractivity contribution is 6.31. The van der Waals surface area contributed by atoms with E-state index in [-0.39, 0.29) is 29.4 Å². The Balaban J connectivity index is 0.00000280. The van der Waals surface area contributed by atoms with Gasteiger partial charge in [0.05, 0.1) is 5.02 Å². The van der Waals surface area contributed by atoms with Crippen LogP contribution in [0.2, 0.25) is 5.02 Å². The molecule has 0 saturated heterocycles. The maximum Gasteiger partial charge on any atom is 0.251 e. The minimum absolute atomic E-state index is 0. The van der Waals surface area contributed by atoms with Gasteiger partial charge in [-0.1, -0.05) is 17.7 Å². The Kier molecular flexibility index (Phi) is 7.89. The van der Waals surface area contributed by atoms with E-state index in [4.69, 9.17) is 11.6 Å². The molecule has 1 aliphatic carbocycles. The van der Waals surface area contributed by atoms with Gasteiger partial charge in [0.1, 0.15) is 17.5 Å². The molecular weight excluding hydrogens is 402 g/mol. The molecule has 1 fully saturated rings. The lowest BCUT2D eigenvalue weighted by atomic mass is 9.91. The largest absolute Gasteiger partial charge is 0.367 e. The number of amides is 1. The van der Waals surface area contributed by atoms with Crippen molar-refractivity contribution in [2.45, 2.75) is 37.8 Å². The van der Waals surface area contributed by atoms with E-state index in [0.29, 0.717) is 11.6 Å². The Morgan fingerprint density at radius 2 is 1.82 bits per heavy atom. The molecule has 0 spiro atoms. The van der Waals surface area contributed by atoms with Crippen molar-refractivity contribution in [1.82, 2.24) is 10.3 Å². The van der Waals surface area contributed by atoms with Crippen LogP contribution in [-0.2, 0) is 0 Å². The van der Waals surface area contributed by atoms with E-state index in [0.717, 1.165) is 37.3 Å². The van der Waals surface area contributed by atoms with Crippen LogP contribution in [-0.4, -0.2) is 37.1 Å². The highest BCUT2D eigenvalue weighted by Gasteiger charge is 2.23. The third-order valence-electron chi connectivity index (χ3n) is 4.79. The fourth-order valence-corrected chi connectivity index (χ4v) is 3.43. The van der Waals surface area contributed by atoms with Crippen LogP contribution in [0.3, 0.4) is 0 Å². The summed E-state index contributed by atoms with van der Waals surface area (Å²) >= 11 is 5.76. The SMILES string of the molecule is CN(C)c1cccc(NC2CCC(NC(=O)c3ccc(F)c(Cl)c3)CC2)n1.Cl. The molecule has 1 aromatic carbocycles. The number of anilines is 2. The number of carbonyl (C=O) groups is 1. The first-order valence-corrected chi connectivity index (χ1v) is 9.47. The van der Waals surface area contributed by atoms with Gasteiger partial charge >= 0.3 is 0 Å². The first-order valence-electron chi connectivity index (χ1n) is 9.09. The molecule has 8 heteroatoms. The van der Waals surface area contributed by atoms with E-state index in [1.807, 2.05) is 37.2 Å². The zero-order chi connectivity index (χ0) is 19.4. The zero-order valence-corrected chi connectivity index (χ0v) is 17.5. The van der Waals surface area contributed by atoms with E-state index in [9.17, 15) is 9.18 Å². The number of nitrogens with one attached hydrogen (secondary N) is 2. The lowest BCUT2D eigenvalue weighted by molar-refractivity contribution is 0.0926. The molecule has 2 N–H and O–H groups in total. The Morgan fingerprint density at radius 1 is 1.14 bits per heavy atom. The van der Waals surface area contributed by atoms with E-state index in [1.165, 1.54) is 18.2 Å². The predicted molar refractivity (Wildman–Crippen MR) is 114 cm³/mol. The van der Waals surface area contributed by atoms with E-state index < -0.39 is 5.82 Å². The Morgan fingerprint density at radius 3 is 2.46 bits per heavy atom. The van der Waals surface area contributed by atoms with Gasteiger partial charge in [0.25, 0.3) is 5.91 Å². The minimum atomic E-state index is -0.522. The van der Waals surface area contributed by atoms with Gasteiger partial charge in [0, 0.05) is 31.7 Å². The van der Waals surface area contributed by atoms with Crippen LogP contribution < -0.4 is 15.5 Å². The highest BCUT2D eigenvalue weighted by Crippen LogP contribution is 2.23. The molecule has 3 rings (SSSR count). The molecule has 1 saturated carbocycles. The standard InChI is InChI=1S/C20H24ClFN4O.ClH/c1-26(2)19-5-3-4-18(25-19)23-14-7-9-15(10-8-14)24-20(27)13-6-11-17(22)16(21)12-13;/h3-6,11-12,14-15H,7-10H2,1-2H3,(H,23,25)(H,24,27);1H. The maximum absolute atomic E-state index is 13.2. The maximum atomic E-state index is 13.2. The third kappa shape index (κ3) is 5.72. The van der Waals surface area contributed by atoms with Crippen LogP contribution in [0.25, 0.3) is 0 Å². The summed E-state index contributed by atoms with van der Waals surface area (Å²) in [6.45, 7) is 0. The van der Waals surface area contributed by atoms with Crippen molar-refractivity contribution in [2.75, 3.05) is 24.3 Å². The smallest absolute Gasteiger partial charge is 0.251 e. The summed E-state index contributed by atoms with van der Waals surface area (Å²) in [5, 5.41) is 6.47. The molecule has 5 nitrogen and oxygen atoms in total. The molecule has 1 amide bonds. The summed E-state index contributed by atoms with van der Waals surface area (Å²) in [6, 6.07) is 10.4. The molecule has 0 aliphatic heterocycles. The van der Waals surface area contributed by atoms with Gasteiger partial charge in [-0.05, 0) is 56.0 Å². The number of hydrogen-bond donors (Lipinski definition) is 2. The summed E-state index contributed by atoms with van der Waals surface area (Å²) in [4.78, 5) is 18.9. The molecule has 0 unspecified atom stereocenters. The van der Waals surface area contributed by atoms with Crippen LogP contribution in [0.4, 0.5) is 16.0 Å². The first kappa shape index (κ1) is 22.2. The summed E-state index contributed by atoms with van der Waals surface area (Å²) < 4.78 is 13.2. The highest BCUT2D eigenvalue weighted by atomic mass is 35.5. The molecular formula is C20H25Cl2FN4O. The van der Waals surface area contributed by atoms with Crippen LogP contribution in [0, 0.1) is 5.82 Å². The van der Waals surface area contributed by atoms with E-state index in [1.54, 1.807) is 0 Å². The molecule has 1 aromatic heterocycles. The van der Waals surface area contributed by atoms with Gasteiger partial charge in [-0.25, -0.2) is 9.37 Å². The molecule has 1 aliphatic rings. The Hall–Kier alpha value is -2.05. The lowest BCUT2D eigenvalue weighted by Crippen LogP contribution is -2.40. The predicted octanol–water partition coefficient (Wildman–Crippen LogP) is 4.52. The second-order valence-electron chi connectivity index (χ2n) is 7.07. The Labute approximate surface area is 176 Å². The molecule has 0 bridgehead atoms. The fourth-order valence-electron chi connectivity index (χ4n) is 3.25. The number of rotatable bonds is 5. The summed E-state index contributed by atoms with van der Waals surface area (Å²) in [5.74, 6) is 1.05. The number of aromatic nitrogens is 1. The molecule has 0 atom stereocenters.